The molecular formula is C27H33N3O5. The molecule has 0 radical (unpaired) electrons. The van der Waals surface area contributed by atoms with Crippen LogP contribution in [-0.2, 0) is 4.79 Å². The number of hydrogen-bond donors (Lipinski definition) is 2. The van der Waals surface area contributed by atoms with Gasteiger partial charge in [0.2, 0.25) is 12.7 Å². The van der Waals surface area contributed by atoms with Gasteiger partial charge in [-0.15, -0.1) is 0 Å². The molecule has 4 rings (SSSR count). The molecule has 0 bridgehead atoms. The molecule has 186 valence electrons. The van der Waals surface area contributed by atoms with Crippen LogP contribution in [0, 0.1) is 18.8 Å². The molecule has 8 nitrogen and oxygen atoms in total. The summed E-state index contributed by atoms with van der Waals surface area (Å²) >= 11 is 0. The van der Waals surface area contributed by atoms with E-state index in [0.29, 0.717) is 61.0 Å². The summed E-state index contributed by atoms with van der Waals surface area (Å²) in [5.74, 6) is 0.914. The summed E-state index contributed by atoms with van der Waals surface area (Å²) in [6, 6.07) is 11.8. The highest BCUT2D eigenvalue weighted by Crippen LogP contribution is 2.33. The van der Waals surface area contributed by atoms with Crippen molar-refractivity contribution in [2.75, 3.05) is 26.4 Å². The molecule has 1 fully saturated rings. The molecule has 8 heteroatoms. The van der Waals surface area contributed by atoms with Crippen LogP contribution in [0.15, 0.2) is 42.5 Å². The van der Waals surface area contributed by atoms with E-state index >= 15 is 0 Å². The van der Waals surface area contributed by atoms with Gasteiger partial charge in [-0.25, -0.2) is 0 Å². The summed E-state index contributed by atoms with van der Waals surface area (Å²) in [5.41, 5.74) is 2.13. The number of ether oxygens (including phenoxy) is 2. The molecule has 2 aromatic carbocycles. The Morgan fingerprint density at radius 1 is 0.971 bits per heavy atom. The van der Waals surface area contributed by atoms with E-state index in [9.17, 15) is 14.4 Å². The van der Waals surface area contributed by atoms with Crippen molar-refractivity contribution < 1.29 is 23.9 Å². The molecule has 1 atom stereocenters. The Balaban J connectivity index is 1.42. The van der Waals surface area contributed by atoms with Crippen LogP contribution in [0.4, 0.5) is 0 Å². The van der Waals surface area contributed by atoms with Crippen molar-refractivity contribution in [2.24, 2.45) is 11.8 Å². The molecule has 1 unspecified atom stereocenters. The van der Waals surface area contributed by atoms with Crippen molar-refractivity contribution in [1.82, 2.24) is 15.5 Å². The van der Waals surface area contributed by atoms with Crippen LogP contribution < -0.4 is 20.1 Å². The maximum absolute atomic E-state index is 13.1. The zero-order valence-electron chi connectivity index (χ0n) is 20.5. The number of carbonyl (C=O) groups is 3. The number of hydrogen-bond acceptors (Lipinski definition) is 5. The standard InChI is InChI=1S/C27H33N3O5/c1-17(2)15-28-26(32)24(29-25(31)20-6-4-18(3)5-7-20)19-10-12-30(13-11-19)27(33)21-8-9-22-23(14-21)35-16-34-22/h4-9,14,17,19,24H,10-13,15-16H2,1-3H3,(H,28,32)(H,29,31). The molecule has 2 heterocycles. The van der Waals surface area contributed by atoms with E-state index < -0.39 is 6.04 Å². The zero-order chi connectivity index (χ0) is 24.9. The number of piperidine rings is 1. The van der Waals surface area contributed by atoms with Crippen LogP contribution in [0.5, 0.6) is 11.5 Å². The predicted octanol–water partition coefficient (Wildman–Crippen LogP) is 3.15. The largest absolute Gasteiger partial charge is 0.454 e. The molecule has 0 aromatic heterocycles. The van der Waals surface area contributed by atoms with Crippen molar-refractivity contribution in [3.05, 3.63) is 59.2 Å². The first kappa shape index (κ1) is 24.6. The number of benzene rings is 2. The maximum Gasteiger partial charge on any atom is 0.253 e. The van der Waals surface area contributed by atoms with Crippen LogP contribution in [0.25, 0.3) is 0 Å². The third kappa shape index (κ3) is 5.93. The third-order valence-electron chi connectivity index (χ3n) is 6.49. The van der Waals surface area contributed by atoms with Gasteiger partial charge in [0, 0.05) is 30.8 Å². The molecule has 35 heavy (non-hydrogen) atoms. The second kappa shape index (κ2) is 10.8. The Labute approximate surface area is 206 Å². The van der Waals surface area contributed by atoms with E-state index in [-0.39, 0.29) is 30.4 Å². The Morgan fingerprint density at radius 2 is 1.63 bits per heavy atom. The Kier molecular flexibility index (Phi) is 7.58. The van der Waals surface area contributed by atoms with Gasteiger partial charge in [-0.3, -0.25) is 14.4 Å². The lowest BCUT2D eigenvalue weighted by Crippen LogP contribution is -2.54. The topological polar surface area (TPSA) is 97.0 Å². The van der Waals surface area contributed by atoms with Crippen molar-refractivity contribution in [1.29, 1.82) is 0 Å². The number of likely N-dealkylation sites (tertiary alicyclic amines) is 1. The number of rotatable bonds is 7. The molecule has 1 saturated heterocycles. The van der Waals surface area contributed by atoms with Gasteiger partial charge in [-0.2, -0.15) is 0 Å². The number of amides is 3. The molecule has 0 saturated carbocycles. The van der Waals surface area contributed by atoms with Crippen LogP contribution in [0.3, 0.4) is 0 Å². The number of aryl methyl sites for hydroxylation is 1. The molecular weight excluding hydrogens is 446 g/mol. The normalized spacial score (nSPS) is 16.2. The fourth-order valence-corrected chi connectivity index (χ4v) is 4.39. The Hall–Kier alpha value is -3.55. The van der Waals surface area contributed by atoms with Crippen LogP contribution >= 0.6 is 0 Å². The molecule has 0 aliphatic carbocycles. The average molecular weight is 480 g/mol. The molecule has 0 spiro atoms. The first-order chi connectivity index (χ1) is 16.8. The predicted molar refractivity (Wildman–Crippen MR) is 131 cm³/mol. The molecule has 2 aliphatic heterocycles. The van der Waals surface area contributed by atoms with E-state index in [0.717, 1.165) is 5.56 Å². The number of nitrogens with zero attached hydrogens (tertiary/aromatic N) is 1. The first-order valence-corrected chi connectivity index (χ1v) is 12.2. The zero-order valence-corrected chi connectivity index (χ0v) is 20.5. The molecule has 2 aromatic rings. The second-order valence-corrected chi connectivity index (χ2v) is 9.65. The number of carbonyl (C=O) groups excluding carboxylic acids is 3. The summed E-state index contributed by atoms with van der Waals surface area (Å²) in [4.78, 5) is 40.9. The number of nitrogens with one attached hydrogen (secondary N) is 2. The lowest BCUT2D eigenvalue weighted by molar-refractivity contribution is -0.124. The van der Waals surface area contributed by atoms with Crippen molar-refractivity contribution in [3.8, 4) is 11.5 Å². The second-order valence-electron chi connectivity index (χ2n) is 9.65. The minimum absolute atomic E-state index is 0.0719. The van der Waals surface area contributed by atoms with Crippen molar-refractivity contribution >= 4 is 17.7 Å². The van der Waals surface area contributed by atoms with Gasteiger partial charge < -0.3 is 25.0 Å². The fraction of sp³-hybridized carbons (Fsp3) is 0.444. The molecule has 3 amide bonds. The highest BCUT2D eigenvalue weighted by Gasteiger charge is 2.34. The van der Waals surface area contributed by atoms with E-state index in [1.54, 1.807) is 35.2 Å². The van der Waals surface area contributed by atoms with Gasteiger partial charge in [0.25, 0.3) is 11.8 Å². The third-order valence-corrected chi connectivity index (χ3v) is 6.49. The van der Waals surface area contributed by atoms with Crippen molar-refractivity contribution in [2.45, 2.75) is 39.7 Å². The smallest absolute Gasteiger partial charge is 0.253 e. The minimum Gasteiger partial charge on any atom is -0.454 e. The molecule has 2 N–H and O–H groups in total. The quantitative estimate of drug-likeness (QED) is 0.636. The van der Waals surface area contributed by atoms with Crippen LogP contribution in [-0.4, -0.2) is 55.1 Å². The van der Waals surface area contributed by atoms with Gasteiger partial charge in [0.05, 0.1) is 0 Å². The monoisotopic (exact) mass is 479 g/mol. The maximum atomic E-state index is 13.1. The highest BCUT2D eigenvalue weighted by molar-refractivity contribution is 5.98. The number of fused-ring (bicyclic) bond motifs is 1. The Morgan fingerprint density at radius 3 is 2.31 bits per heavy atom. The van der Waals surface area contributed by atoms with E-state index in [4.69, 9.17) is 9.47 Å². The minimum atomic E-state index is -0.662. The summed E-state index contributed by atoms with van der Waals surface area (Å²) in [6.45, 7) is 7.73. The average Bonchev–Trinajstić information content (AvgIpc) is 3.34. The van der Waals surface area contributed by atoms with Gasteiger partial charge in [0.15, 0.2) is 11.5 Å². The summed E-state index contributed by atoms with van der Waals surface area (Å²) in [6.07, 6.45) is 1.23. The summed E-state index contributed by atoms with van der Waals surface area (Å²) in [7, 11) is 0. The van der Waals surface area contributed by atoms with E-state index in [2.05, 4.69) is 10.6 Å². The van der Waals surface area contributed by atoms with Gasteiger partial charge in [-0.05, 0) is 61.9 Å². The SMILES string of the molecule is Cc1ccc(C(=O)NC(C(=O)NCC(C)C)C2CCN(C(=O)c3ccc4c(c3)OCO4)CC2)cc1. The first-order valence-electron chi connectivity index (χ1n) is 12.2. The lowest BCUT2D eigenvalue weighted by atomic mass is 9.88. The van der Waals surface area contributed by atoms with E-state index in [1.807, 2.05) is 32.9 Å². The van der Waals surface area contributed by atoms with Crippen molar-refractivity contribution in [3.63, 3.8) is 0 Å². The van der Waals surface area contributed by atoms with Gasteiger partial charge >= 0.3 is 0 Å². The van der Waals surface area contributed by atoms with Crippen LogP contribution in [0.1, 0.15) is 53.0 Å². The fourth-order valence-electron chi connectivity index (χ4n) is 4.39. The van der Waals surface area contributed by atoms with Gasteiger partial charge in [0.1, 0.15) is 6.04 Å². The molecule has 2 aliphatic rings. The van der Waals surface area contributed by atoms with Crippen LogP contribution in [0.2, 0.25) is 0 Å². The van der Waals surface area contributed by atoms with Gasteiger partial charge in [-0.1, -0.05) is 31.5 Å². The summed E-state index contributed by atoms with van der Waals surface area (Å²) in [5, 5.41) is 5.93. The summed E-state index contributed by atoms with van der Waals surface area (Å²) < 4.78 is 10.7. The lowest BCUT2D eigenvalue weighted by Gasteiger charge is -2.36. The highest BCUT2D eigenvalue weighted by atomic mass is 16.7. The Bertz CT molecular complexity index is 1070. The van der Waals surface area contributed by atoms with E-state index in [1.165, 1.54) is 0 Å².